The van der Waals surface area contributed by atoms with Gasteiger partial charge in [0.2, 0.25) is 5.88 Å². The molecular formula is C14H10FN3O3. The van der Waals surface area contributed by atoms with Gasteiger partial charge in [0.05, 0.1) is 0 Å². The summed E-state index contributed by atoms with van der Waals surface area (Å²) in [5, 5.41) is 13.1. The van der Waals surface area contributed by atoms with Crippen LogP contribution in [-0.4, -0.2) is 25.7 Å². The quantitative estimate of drug-likeness (QED) is 0.801. The van der Waals surface area contributed by atoms with Gasteiger partial charge in [0.15, 0.2) is 5.65 Å². The number of aromatic carboxylic acids is 1. The average Bonchev–Trinajstić information content (AvgIpc) is 2.88. The maximum atomic E-state index is 13.2. The van der Waals surface area contributed by atoms with Gasteiger partial charge >= 0.3 is 5.97 Å². The number of fused-ring (bicyclic) bond motifs is 1. The molecule has 0 radical (unpaired) electrons. The number of carbonyl (C=O) groups is 1. The van der Waals surface area contributed by atoms with E-state index in [1.165, 1.54) is 16.9 Å². The van der Waals surface area contributed by atoms with Crippen LogP contribution in [0, 0.1) is 12.7 Å². The predicted octanol–water partition coefficient (Wildman–Crippen LogP) is 2.67. The summed E-state index contributed by atoms with van der Waals surface area (Å²) in [6.45, 7) is 1.85. The highest BCUT2D eigenvalue weighted by Gasteiger charge is 2.15. The molecule has 0 fully saturated rings. The molecule has 1 N–H and O–H groups in total. The van der Waals surface area contributed by atoms with Crippen molar-refractivity contribution in [1.82, 2.24) is 14.6 Å². The standard InChI is InChI=1S/C14H10FN3O3/c1-8-4-12-16-7-17-18(12)13(5-8)21-11-3-2-9(15)6-10(11)14(19)20/h2-7H,1H3,(H,19,20). The van der Waals surface area contributed by atoms with Crippen LogP contribution in [-0.2, 0) is 0 Å². The first kappa shape index (κ1) is 13.0. The minimum absolute atomic E-state index is 0.0336. The van der Waals surface area contributed by atoms with Crippen LogP contribution in [0.15, 0.2) is 36.7 Å². The first-order valence-corrected chi connectivity index (χ1v) is 6.05. The molecule has 3 aromatic rings. The first-order chi connectivity index (χ1) is 10.0. The number of carboxylic acid groups (broad SMARTS) is 1. The Morgan fingerprint density at radius 3 is 2.90 bits per heavy atom. The van der Waals surface area contributed by atoms with Crippen LogP contribution in [0.3, 0.4) is 0 Å². The van der Waals surface area contributed by atoms with E-state index in [4.69, 9.17) is 9.84 Å². The summed E-state index contributed by atoms with van der Waals surface area (Å²) < 4.78 is 20.2. The number of hydrogen-bond donors (Lipinski definition) is 1. The molecule has 21 heavy (non-hydrogen) atoms. The monoisotopic (exact) mass is 287 g/mol. The lowest BCUT2D eigenvalue weighted by molar-refractivity contribution is 0.0693. The number of hydrogen-bond acceptors (Lipinski definition) is 4. The molecule has 106 valence electrons. The van der Waals surface area contributed by atoms with Crippen molar-refractivity contribution in [2.45, 2.75) is 6.92 Å². The minimum atomic E-state index is -1.27. The van der Waals surface area contributed by atoms with Crippen LogP contribution in [0.5, 0.6) is 11.6 Å². The van der Waals surface area contributed by atoms with Crippen molar-refractivity contribution in [2.75, 3.05) is 0 Å². The van der Waals surface area contributed by atoms with E-state index in [0.29, 0.717) is 11.5 Å². The molecule has 0 bridgehead atoms. The summed E-state index contributed by atoms with van der Waals surface area (Å²) in [7, 11) is 0. The molecule has 0 unspecified atom stereocenters. The van der Waals surface area contributed by atoms with E-state index in [0.717, 1.165) is 17.7 Å². The zero-order chi connectivity index (χ0) is 15.0. The highest BCUT2D eigenvalue weighted by molar-refractivity contribution is 5.91. The highest BCUT2D eigenvalue weighted by atomic mass is 19.1. The summed E-state index contributed by atoms with van der Waals surface area (Å²) >= 11 is 0. The lowest BCUT2D eigenvalue weighted by Gasteiger charge is -2.10. The molecule has 0 aliphatic carbocycles. The van der Waals surface area contributed by atoms with Crippen LogP contribution in [0.4, 0.5) is 4.39 Å². The largest absolute Gasteiger partial charge is 0.478 e. The van der Waals surface area contributed by atoms with E-state index in [2.05, 4.69) is 10.1 Å². The van der Waals surface area contributed by atoms with Gasteiger partial charge < -0.3 is 9.84 Å². The van der Waals surface area contributed by atoms with Gasteiger partial charge in [-0.1, -0.05) is 0 Å². The molecule has 0 amide bonds. The molecule has 2 aromatic heterocycles. The van der Waals surface area contributed by atoms with E-state index >= 15 is 0 Å². The number of benzene rings is 1. The normalized spacial score (nSPS) is 10.8. The number of aryl methyl sites for hydroxylation is 1. The van der Waals surface area contributed by atoms with E-state index in [1.807, 2.05) is 13.0 Å². The Morgan fingerprint density at radius 2 is 2.14 bits per heavy atom. The number of aromatic nitrogens is 3. The van der Waals surface area contributed by atoms with Crippen LogP contribution in [0.25, 0.3) is 5.65 Å². The number of carboxylic acids is 1. The first-order valence-electron chi connectivity index (χ1n) is 6.05. The van der Waals surface area contributed by atoms with Crippen molar-refractivity contribution in [3.63, 3.8) is 0 Å². The maximum Gasteiger partial charge on any atom is 0.339 e. The number of halogens is 1. The van der Waals surface area contributed by atoms with E-state index < -0.39 is 11.8 Å². The summed E-state index contributed by atoms with van der Waals surface area (Å²) in [5.41, 5.74) is 1.19. The maximum absolute atomic E-state index is 13.2. The zero-order valence-corrected chi connectivity index (χ0v) is 10.9. The van der Waals surface area contributed by atoms with Gasteiger partial charge in [-0.05, 0) is 36.8 Å². The number of ether oxygens (including phenoxy) is 1. The Bertz CT molecular complexity index is 845. The second-order valence-corrected chi connectivity index (χ2v) is 4.45. The highest BCUT2D eigenvalue weighted by Crippen LogP contribution is 2.27. The van der Waals surface area contributed by atoms with Crippen molar-refractivity contribution in [3.8, 4) is 11.6 Å². The van der Waals surface area contributed by atoms with E-state index in [9.17, 15) is 9.18 Å². The van der Waals surface area contributed by atoms with Crippen molar-refractivity contribution in [2.24, 2.45) is 0 Å². The molecule has 6 nitrogen and oxygen atoms in total. The molecule has 0 aliphatic rings. The lowest BCUT2D eigenvalue weighted by atomic mass is 10.2. The smallest absolute Gasteiger partial charge is 0.339 e. The average molecular weight is 287 g/mol. The van der Waals surface area contributed by atoms with Crippen molar-refractivity contribution in [1.29, 1.82) is 0 Å². The van der Waals surface area contributed by atoms with Crippen LogP contribution < -0.4 is 4.74 Å². The SMILES string of the molecule is Cc1cc(Oc2ccc(F)cc2C(=O)O)n2ncnc2c1. The fraction of sp³-hybridized carbons (Fsp3) is 0.0714. The minimum Gasteiger partial charge on any atom is -0.478 e. The molecule has 0 atom stereocenters. The van der Waals surface area contributed by atoms with Crippen molar-refractivity contribution in [3.05, 3.63) is 53.6 Å². The van der Waals surface area contributed by atoms with Gasteiger partial charge in [-0.25, -0.2) is 14.2 Å². The Kier molecular flexibility index (Phi) is 3.02. The molecule has 0 saturated carbocycles. The van der Waals surface area contributed by atoms with E-state index in [-0.39, 0.29) is 11.3 Å². The van der Waals surface area contributed by atoms with Crippen molar-refractivity contribution < 1.29 is 19.0 Å². The molecule has 7 heteroatoms. The fourth-order valence-electron chi connectivity index (χ4n) is 1.96. The van der Waals surface area contributed by atoms with Gasteiger partial charge in [0.25, 0.3) is 0 Å². The van der Waals surface area contributed by atoms with Gasteiger partial charge in [-0.3, -0.25) is 0 Å². The lowest BCUT2D eigenvalue weighted by Crippen LogP contribution is -2.03. The molecule has 2 heterocycles. The number of pyridine rings is 1. The fourth-order valence-corrected chi connectivity index (χ4v) is 1.96. The second kappa shape index (κ2) is 4.86. The molecule has 0 aliphatic heterocycles. The van der Waals surface area contributed by atoms with Crippen LogP contribution in [0.2, 0.25) is 0 Å². The van der Waals surface area contributed by atoms with Gasteiger partial charge in [0, 0.05) is 6.07 Å². The summed E-state index contributed by atoms with van der Waals surface area (Å²) in [6, 6.07) is 6.81. The van der Waals surface area contributed by atoms with Gasteiger partial charge in [0.1, 0.15) is 23.5 Å². The topological polar surface area (TPSA) is 76.7 Å². The third-order valence-corrected chi connectivity index (χ3v) is 2.88. The van der Waals surface area contributed by atoms with Crippen molar-refractivity contribution >= 4 is 11.6 Å². The Hall–Kier alpha value is -2.96. The van der Waals surface area contributed by atoms with Gasteiger partial charge in [-0.2, -0.15) is 9.61 Å². The van der Waals surface area contributed by atoms with Crippen LogP contribution >= 0.6 is 0 Å². The molecule has 3 rings (SSSR count). The van der Waals surface area contributed by atoms with Crippen LogP contribution in [0.1, 0.15) is 15.9 Å². The third kappa shape index (κ3) is 2.40. The third-order valence-electron chi connectivity index (χ3n) is 2.88. The van der Waals surface area contributed by atoms with E-state index in [1.54, 1.807) is 6.07 Å². The van der Waals surface area contributed by atoms with Gasteiger partial charge in [-0.15, -0.1) is 0 Å². The summed E-state index contributed by atoms with van der Waals surface area (Å²) in [6.07, 6.45) is 1.37. The summed E-state index contributed by atoms with van der Waals surface area (Å²) in [5.74, 6) is -1.58. The zero-order valence-electron chi connectivity index (χ0n) is 10.9. The number of rotatable bonds is 3. The Morgan fingerprint density at radius 1 is 1.33 bits per heavy atom. The summed E-state index contributed by atoms with van der Waals surface area (Å²) in [4.78, 5) is 15.2. The number of nitrogens with zero attached hydrogens (tertiary/aromatic N) is 3. The molecule has 1 aromatic carbocycles. The predicted molar refractivity (Wildman–Crippen MR) is 71.2 cm³/mol. The second-order valence-electron chi connectivity index (χ2n) is 4.45. The molecule has 0 saturated heterocycles. The Balaban J connectivity index is 2.10. The molecule has 0 spiro atoms. The molecular weight excluding hydrogens is 277 g/mol. The Labute approximate surface area is 118 Å².